The Hall–Kier alpha value is -2.93. The molecule has 0 aromatic heterocycles. The quantitative estimate of drug-likeness (QED) is 0.274. The summed E-state index contributed by atoms with van der Waals surface area (Å²) in [6, 6.07) is 10.7. The summed E-state index contributed by atoms with van der Waals surface area (Å²) < 4.78 is 20.4. The molecular formula is C30H45FN4O2. The molecule has 6 nitrogen and oxygen atoms in total. The van der Waals surface area contributed by atoms with Crippen LogP contribution in [0.2, 0.25) is 0 Å². The summed E-state index contributed by atoms with van der Waals surface area (Å²) in [5, 5.41) is 6.16. The first-order valence-corrected chi connectivity index (χ1v) is 13.5. The number of aryl methyl sites for hydroxylation is 2. The summed E-state index contributed by atoms with van der Waals surface area (Å²) in [5.41, 5.74) is 2.80. The average molecular weight is 513 g/mol. The molecule has 2 aromatic rings. The number of carbonyl (C=O) groups excluding carboxylic acids is 1. The van der Waals surface area contributed by atoms with Crippen molar-refractivity contribution in [3.05, 3.63) is 64.5 Å². The highest BCUT2D eigenvalue weighted by atomic mass is 19.1. The van der Waals surface area contributed by atoms with E-state index in [1.54, 1.807) is 19.2 Å². The molecule has 7 heteroatoms. The lowest BCUT2D eigenvalue weighted by Crippen LogP contribution is -2.45. The van der Waals surface area contributed by atoms with Crippen molar-refractivity contribution in [2.45, 2.75) is 79.3 Å². The molecule has 0 fully saturated rings. The van der Waals surface area contributed by atoms with Crippen LogP contribution in [0.5, 0.6) is 5.75 Å². The SMILES string of the molecule is CCN(CC)CCCC(C)N=C(NC(=O)c1cccc(F)c1CCc1cc(C)ccc1OC)NC(C)C. The van der Waals surface area contributed by atoms with Gasteiger partial charge in [-0.25, -0.2) is 9.38 Å². The normalized spacial score (nSPS) is 12.6. The Labute approximate surface area is 222 Å². The van der Waals surface area contributed by atoms with Crippen molar-refractivity contribution >= 4 is 11.9 Å². The maximum absolute atomic E-state index is 14.9. The first-order valence-electron chi connectivity index (χ1n) is 13.5. The van der Waals surface area contributed by atoms with E-state index in [1.807, 2.05) is 39.0 Å². The number of methoxy groups -OCH3 is 1. The molecule has 2 N–H and O–H groups in total. The molecule has 1 amide bonds. The van der Waals surface area contributed by atoms with Gasteiger partial charge in [0.15, 0.2) is 5.96 Å². The smallest absolute Gasteiger partial charge is 0.258 e. The van der Waals surface area contributed by atoms with E-state index in [-0.39, 0.29) is 23.8 Å². The third-order valence-corrected chi connectivity index (χ3v) is 6.44. The van der Waals surface area contributed by atoms with Gasteiger partial charge in [0.1, 0.15) is 11.6 Å². The summed E-state index contributed by atoms with van der Waals surface area (Å²) in [6.07, 6.45) is 2.88. The number of amides is 1. The molecule has 0 spiro atoms. The predicted molar refractivity (Wildman–Crippen MR) is 151 cm³/mol. The van der Waals surface area contributed by atoms with Gasteiger partial charge in [-0.1, -0.05) is 37.6 Å². The van der Waals surface area contributed by atoms with Crippen LogP contribution in [0, 0.1) is 12.7 Å². The van der Waals surface area contributed by atoms with Crippen LogP contribution in [0.25, 0.3) is 0 Å². The fourth-order valence-electron chi connectivity index (χ4n) is 4.38. The van der Waals surface area contributed by atoms with Crippen LogP contribution in [0.3, 0.4) is 0 Å². The fraction of sp³-hybridized carbons (Fsp3) is 0.533. The van der Waals surface area contributed by atoms with Crippen LogP contribution in [-0.2, 0) is 12.8 Å². The third kappa shape index (κ3) is 9.80. The number of hydrogen-bond donors (Lipinski definition) is 2. The lowest BCUT2D eigenvalue weighted by atomic mass is 9.97. The number of carbonyl (C=O) groups is 1. The van der Waals surface area contributed by atoms with E-state index in [4.69, 9.17) is 9.73 Å². The van der Waals surface area contributed by atoms with Gasteiger partial charge in [-0.3, -0.25) is 10.1 Å². The Balaban J connectivity index is 2.18. The number of nitrogens with zero attached hydrogens (tertiary/aromatic N) is 2. The average Bonchev–Trinajstić information content (AvgIpc) is 2.85. The van der Waals surface area contributed by atoms with Crippen molar-refractivity contribution < 1.29 is 13.9 Å². The van der Waals surface area contributed by atoms with Gasteiger partial charge in [-0.05, 0) is 96.8 Å². The highest BCUT2D eigenvalue weighted by Gasteiger charge is 2.18. The first kappa shape index (κ1) is 30.3. The van der Waals surface area contributed by atoms with Gasteiger partial charge in [-0.15, -0.1) is 0 Å². The van der Waals surface area contributed by atoms with E-state index < -0.39 is 0 Å². The Morgan fingerprint density at radius 2 is 1.84 bits per heavy atom. The van der Waals surface area contributed by atoms with Crippen LogP contribution in [0.15, 0.2) is 41.4 Å². The Kier molecular flexibility index (Phi) is 12.6. The molecule has 204 valence electrons. The largest absolute Gasteiger partial charge is 0.496 e. The Bertz CT molecular complexity index is 1030. The molecule has 1 atom stereocenters. The van der Waals surface area contributed by atoms with Gasteiger partial charge in [0.25, 0.3) is 5.91 Å². The lowest BCUT2D eigenvalue weighted by Gasteiger charge is -2.20. The van der Waals surface area contributed by atoms with Crippen molar-refractivity contribution in [3.63, 3.8) is 0 Å². The van der Waals surface area contributed by atoms with Crippen molar-refractivity contribution in [1.29, 1.82) is 0 Å². The zero-order valence-electron chi connectivity index (χ0n) is 23.7. The highest BCUT2D eigenvalue weighted by Crippen LogP contribution is 2.23. The monoisotopic (exact) mass is 512 g/mol. The fourth-order valence-corrected chi connectivity index (χ4v) is 4.38. The predicted octanol–water partition coefficient (Wildman–Crippen LogP) is 5.52. The maximum Gasteiger partial charge on any atom is 0.258 e. The zero-order chi connectivity index (χ0) is 27.4. The number of benzene rings is 2. The molecule has 1 unspecified atom stereocenters. The molecule has 0 bridgehead atoms. The number of rotatable bonds is 13. The van der Waals surface area contributed by atoms with Crippen LogP contribution >= 0.6 is 0 Å². The highest BCUT2D eigenvalue weighted by molar-refractivity contribution is 6.06. The molecule has 0 saturated carbocycles. The van der Waals surface area contributed by atoms with Gasteiger partial charge in [0, 0.05) is 17.2 Å². The van der Waals surface area contributed by atoms with Crippen LogP contribution in [-0.4, -0.2) is 55.6 Å². The zero-order valence-corrected chi connectivity index (χ0v) is 23.7. The standard InChI is InChI=1S/C30H45FN4O2/c1-8-35(9-2)19-11-12-23(6)33-30(32-21(3)4)34-29(36)26-13-10-14-27(31)25(26)17-16-24-20-22(5)15-18-28(24)37-7/h10,13-15,18,20-21,23H,8-9,11-12,16-17,19H2,1-7H3,(H2,32,33,34,36). The van der Waals surface area contributed by atoms with Crippen LogP contribution in [0.4, 0.5) is 4.39 Å². The number of aliphatic imine (C=N–C) groups is 1. The molecule has 0 radical (unpaired) electrons. The first-order chi connectivity index (χ1) is 17.7. The molecule has 37 heavy (non-hydrogen) atoms. The number of guanidine groups is 1. The number of halogens is 1. The van der Waals surface area contributed by atoms with E-state index in [1.165, 1.54) is 6.07 Å². The van der Waals surface area contributed by atoms with Crippen molar-refractivity contribution in [2.24, 2.45) is 4.99 Å². The summed E-state index contributed by atoms with van der Waals surface area (Å²) >= 11 is 0. The minimum Gasteiger partial charge on any atom is -0.496 e. The second kappa shape index (κ2) is 15.4. The Morgan fingerprint density at radius 3 is 2.49 bits per heavy atom. The molecule has 2 aromatic carbocycles. The molecular weight excluding hydrogens is 467 g/mol. The minimum atomic E-state index is -0.389. The van der Waals surface area contributed by atoms with Gasteiger partial charge in [-0.2, -0.15) is 0 Å². The van der Waals surface area contributed by atoms with E-state index >= 15 is 0 Å². The third-order valence-electron chi connectivity index (χ3n) is 6.44. The topological polar surface area (TPSA) is 66.0 Å². The van der Waals surface area contributed by atoms with Crippen molar-refractivity contribution in [3.8, 4) is 5.75 Å². The van der Waals surface area contributed by atoms with Gasteiger partial charge in [0.2, 0.25) is 0 Å². The molecule has 0 aliphatic carbocycles. The van der Waals surface area contributed by atoms with E-state index in [2.05, 4.69) is 36.3 Å². The molecule has 0 heterocycles. The summed E-state index contributed by atoms with van der Waals surface area (Å²) in [6.45, 7) is 15.5. The van der Waals surface area contributed by atoms with E-state index in [9.17, 15) is 9.18 Å². The summed E-state index contributed by atoms with van der Waals surface area (Å²) in [7, 11) is 1.63. The van der Waals surface area contributed by atoms with Crippen LogP contribution < -0.4 is 15.4 Å². The van der Waals surface area contributed by atoms with E-state index in [0.29, 0.717) is 29.9 Å². The van der Waals surface area contributed by atoms with Crippen molar-refractivity contribution in [1.82, 2.24) is 15.5 Å². The summed E-state index contributed by atoms with van der Waals surface area (Å²) in [4.78, 5) is 20.5. The van der Waals surface area contributed by atoms with E-state index in [0.717, 1.165) is 49.4 Å². The second-order valence-corrected chi connectivity index (χ2v) is 9.83. The number of ether oxygens (including phenoxy) is 1. The van der Waals surface area contributed by atoms with Gasteiger partial charge < -0.3 is 15.0 Å². The maximum atomic E-state index is 14.9. The number of hydrogen-bond acceptors (Lipinski definition) is 4. The molecule has 2 rings (SSSR count). The molecule has 0 aliphatic heterocycles. The van der Waals surface area contributed by atoms with Gasteiger partial charge in [0.05, 0.1) is 13.2 Å². The van der Waals surface area contributed by atoms with Crippen LogP contribution in [0.1, 0.15) is 74.5 Å². The molecule has 0 saturated heterocycles. The number of nitrogens with one attached hydrogen (secondary N) is 2. The van der Waals surface area contributed by atoms with Crippen molar-refractivity contribution in [2.75, 3.05) is 26.7 Å². The molecule has 0 aliphatic rings. The van der Waals surface area contributed by atoms with Gasteiger partial charge >= 0.3 is 0 Å². The minimum absolute atomic E-state index is 0.0397. The lowest BCUT2D eigenvalue weighted by molar-refractivity contribution is 0.0974. The summed E-state index contributed by atoms with van der Waals surface area (Å²) in [5.74, 6) is 0.427. The Morgan fingerprint density at radius 1 is 1.11 bits per heavy atom. The second-order valence-electron chi connectivity index (χ2n) is 9.83.